The Balaban J connectivity index is 3.02. The Morgan fingerprint density at radius 1 is 1.35 bits per heavy atom. The van der Waals surface area contributed by atoms with Gasteiger partial charge < -0.3 is 10.1 Å². The largest absolute Gasteiger partial charge is 0.467 e. The van der Waals surface area contributed by atoms with Gasteiger partial charge in [0.05, 0.1) is 17.8 Å². The summed E-state index contributed by atoms with van der Waals surface area (Å²) in [5.74, 6) is -0.262. The van der Waals surface area contributed by atoms with Crippen LogP contribution in [0.4, 0.5) is 5.69 Å². The highest BCUT2D eigenvalue weighted by Crippen LogP contribution is 2.28. The number of carbonyl (C=O) groups excluding carboxylic acids is 1. The first-order valence-electron chi connectivity index (χ1n) is 5.70. The van der Waals surface area contributed by atoms with Crippen molar-refractivity contribution < 1.29 is 9.53 Å². The molecule has 0 saturated carbocycles. The Hall–Kier alpha value is -1.22. The highest BCUT2D eigenvalue weighted by molar-refractivity contribution is 6.33. The molecule has 0 radical (unpaired) electrons. The third kappa shape index (κ3) is 2.91. The molecule has 0 aromatic heterocycles. The van der Waals surface area contributed by atoms with Crippen LogP contribution in [0.25, 0.3) is 0 Å². The van der Waals surface area contributed by atoms with Gasteiger partial charge in [0.25, 0.3) is 0 Å². The van der Waals surface area contributed by atoms with Crippen molar-refractivity contribution in [3.05, 3.63) is 29.3 Å². The van der Waals surface area contributed by atoms with Crippen LogP contribution in [0.2, 0.25) is 5.02 Å². The molecule has 0 unspecified atom stereocenters. The number of benzene rings is 1. The van der Waals surface area contributed by atoms with Gasteiger partial charge >= 0.3 is 5.97 Å². The second-order valence-electron chi connectivity index (χ2n) is 3.89. The number of esters is 1. The smallest absolute Gasteiger partial charge is 0.331 e. The van der Waals surface area contributed by atoms with Crippen molar-refractivity contribution in [1.82, 2.24) is 0 Å². The van der Waals surface area contributed by atoms with Gasteiger partial charge in [0.2, 0.25) is 0 Å². The molecule has 0 spiro atoms. The number of nitrogens with one attached hydrogen (secondary N) is 1. The number of ether oxygens (including phenoxy) is 1. The Kier molecular flexibility index (Phi) is 4.82. The number of hydrogen-bond donors (Lipinski definition) is 1. The van der Waals surface area contributed by atoms with Crippen LogP contribution in [0.1, 0.15) is 26.7 Å². The molecule has 0 heterocycles. The second kappa shape index (κ2) is 5.92. The van der Waals surface area contributed by atoms with Crippen LogP contribution < -0.4 is 5.32 Å². The van der Waals surface area contributed by atoms with Crippen LogP contribution in [0.15, 0.2) is 24.3 Å². The molecule has 1 aromatic rings. The molecular formula is C13H18ClNO2. The quantitative estimate of drug-likeness (QED) is 0.819. The average Bonchev–Trinajstić information content (AvgIpc) is 2.37. The molecule has 17 heavy (non-hydrogen) atoms. The Morgan fingerprint density at radius 2 is 1.94 bits per heavy atom. The normalized spacial score (nSPS) is 11.1. The van der Waals surface area contributed by atoms with Crippen LogP contribution in [0, 0.1) is 0 Å². The molecule has 0 atom stereocenters. The number of rotatable bonds is 5. The summed E-state index contributed by atoms with van der Waals surface area (Å²) in [5.41, 5.74) is 0.0444. The summed E-state index contributed by atoms with van der Waals surface area (Å²) < 4.78 is 4.87. The lowest BCUT2D eigenvalue weighted by atomic mass is 9.92. The molecule has 0 saturated heterocycles. The maximum absolute atomic E-state index is 11.9. The lowest BCUT2D eigenvalue weighted by molar-refractivity contribution is -0.146. The third-order valence-corrected chi connectivity index (χ3v) is 3.36. The molecule has 0 aliphatic rings. The van der Waals surface area contributed by atoms with Gasteiger partial charge in [-0.15, -0.1) is 0 Å². The van der Waals surface area contributed by atoms with Gasteiger partial charge in [-0.1, -0.05) is 37.6 Å². The molecule has 0 aliphatic carbocycles. The zero-order chi connectivity index (χ0) is 12.9. The Labute approximate surface area is 107 Å². The number of halogens is 1. The van der Waals surface area contributed by atoms with Crippen molar-refractivity contribution in [2.75, 3.05) is 12.4 Å². The van der Waals surface area contributed by atoms with E-state index in [2.05, 4.69) is 5.32 Å². The molecule has 0 amide bonds. The molecule has 3 nitrogen and oxygen atoms in total. The molecule has 0 aliphatic heterocycles. The molecule has 1 N–H and O–H groups in total. The summed E-state index contributed by atoms with van der Waals surface area (Å²) in [5, 5.41) is 3.80. The van der Waals surface area contributed by atoms with Crippen LogP contribution in [-0.4, -0.2) is 18.6 Å². The molecule has 0 bridgehead atoms. The average molecular weight is 256 g/mol. The lowest BCUT2D eigenvalue weighted by Gasteiger charge is -2.31. The van der Waals surface area contributed by atoms with Gasteiger partial charge in [-0.3, -0.25) is 0 Å². The minimum Gasteiger partial charge on any atom is -0.467 e. The number of para-hydroxylation sites is 1. The number of hydrogen-bond acceptors (Lipinski definition) is 3. The molecule has 4 heteroatoms. The van der Waals surface area contributed by atoms with E-state index in [1.807, 2.05) is 32.0 Å². The first-order chi connectivity index (χ1) is 8.09. The summed E-state index contributed by atoms with van der Waals surface area (Å²) in [7, 11) is 1.40. The maximum atomic E-state index is 11.9. The van der Waals surface area contributed by atoms with Gasteiger partial charge in [-0.25, -0.2) is 4.79 Å². The number of anilines is 1. The van der Waals surface area contributed by atoms with Crippen molar-refractivity contribution in [2.24, 2.45) is 0 Å². The minimum absolute atomic E-state index is 0.262. The van der Waals surface area contributed by atoms with E-state index in [9.17, 15) is 4.79 Å². The molecular weight excluding hydrogens is 238 g/mol. The van der Waals surface area contributed by atoms with E-state index >= 15 is 0 Å². The Bertz CT molecular complexity index is 389. The van der Waals surface area contributed by atoms with Crippen molar-refractivity contribution in [2.45, 2.75) is 32.2 Å². The highest BCUT2D eigenvalue weighted by atomic mass is 35.5. The van der Waals surface area contributed by atoms with Gasteiger partial charge in [0.1, 0.15) is 5.54 Å². The molecule has 1 rings (SSSR count). The lowest BCUT2D eigenvalue weighted by Crippen LogP contribution is -2.46. The highest BCUT2D eigenvalue weighted by Gasteiger charge is 2.36. The van der Waals surface area contributed by atoms with Crippen LogP contribution in [0.3, 0.4) is 0 Å². The second-order valence-corrected chi connectivity index (χ2v) is 4.29. The summed E-state index contributed by atoms with van der Waals surface area (Å²) in [6, 6.07) is 7.37. The minimum atomic E-state index is -0.709. The number of carbonyl (C=O) groups is 1. The Morgan fingerprint density at radius 3 is 2.41 bits per heavy atom. The first kappa shape index (κ1) is 13.8. The van der Waals surface area contributed by atoms with E-state index in [-0.39, 0.29) is 5.97 Å². The van der Waals surface area contributed by atoms with Gasteiger partial charge in [0, 0.05) is 0 Å². The van der Waals surface area contributed by atoms with Crippen LogP contribution in [0.5, 0.6) is 0 Å². The third-order valence-electron chi connectivity index (χ3n) is 3.03. The van der Waals surface area contributed by atoms with Crippen molar-refractivity contribution in [1.29, 1.82) is 0 Å². The fourth-order valence-corrected chi connectivity index (χ4v) is 1.97. The van der Waals surface area contributed by atoms with E-state index in [1.54, 1.807) is 6.07 Å². The summed E-state index contributed by atoms with van der Waals surface area (Å²) >= 11 is 6.08. The zero-order valence-corrected chi connectivity index (χ0v) is 11.2. The monoisotopic (exact) mass is 255 g/mol. The van der Waals surface area contributed by atoms with E-state index in [1.165, 1.54) is 7.11 Å². The van der Waals surface area contributed by atoms with E-state index in [0.29, 0.717) is 17.9 Å². The molecule has 94 valence electrons. The van der Waals surface area contributed by atoms with Gasteiger partial charge in [-0.2, -0.15) is 0 Å². The topological polar surface area (TPSA) is 38.3 Å². The zero-order valence-electron chi connectivity index (χ0n) is 10.4. The van der Waals surface area contributed by atoms with E-state index in [4.69, 9.17) is 16.3 Å². The predicted octanol–water partition coefficient (Wildman–Crippen LogP) is 3.48. The van der Waals surface area contributed by atoms with Gasteiger partial charge in [0.15, 0.2) is 0 Å². The SMILES string of the molecule is CCC(CC)(Nc1ccccc1Cl)C(=O)OC. The van der Waals surface area contributed by atoms with Crippen LogP contribution >= 0.6 is 11.6 Å². The summed E-state index contributed by atoms with van der Waals surface area (Å²) in [4.78, 5) is 11.9. The fraction of sp³-hybridized carbons (Fsp3) is 0.462. The summed E-state index contributed by atoms with van der Waals surface area (Å²) in [6.45, 7) is 3.90. The van der Waals surface area contributed by atoms with E-state index < -0.39 is 5.54 Å². The van der Waals surface area contributed by atoms with Gasteiger partial charge in [-0.05, 0) is 25.0 Å². The van der Waals surface area contributed by atoms with Crippen molar-refractivity contribution >= 4 is 23.3 Å². The number of methoxy groups -OCH3 is 1. The van der Waals surface area contributed by atoms with E-state index in [0.717, 1.165) is 5.69 Å². The van der Waals surface area contributed by atoms with Crippen molar-refractivity contribution in [3.8, 4) is 0 Å². The molecule has 1 aromatic carbocycles. The van der Waals surface area contributed by atoms with Crippen LogP contribution in [-0.2, 0) is 9.53 Å². The maximum Gasteiger partial charge on any atom is 0.331 e. The summed E-state index contributed by atoms with van der Waals surface area (Å²) in [6.07, 6.45) is 1.28. The predicted molar refractivity (Wildman–Crippen MR) is 70.4 cm³/mol. The molecule has 0 fully saturated rings. The fourth-order valence-electron chi connectivity index (χ4n) is 1.78. The standard InChI is InChI=1S/C13H18ClNO2/c1-4-13(5-2,12(16)17-3)15-11-9-7-6-8-10(11)14/h6-9,15H,4-5H2,1-3H3. The first-order valence-corrected chi connectivity index (χ1v) is 6.08. The van der Waals surface area contributed by atoms with Crippen molar-refractivity contribution in [3.63, 3.8) is 0 Å².